The summed E-state index contributed by atoms with van der Waals surface area (Å²) in [5.74, 6) is 0. The van der Waals surface area contributed by atoms with E-state index in [-0.39, 0.29) is 11.5 Å². The number of carbonyl (C=O) groups excluding carboxylic acids is 1. The second-order valence-electron chi connectivity index (χ2n) is 7.98. The number of hydrogen-bond acceptors (Lipinski definition) is 2. The number of para-hydroxylation sites is 1. The van der Waals surface area contributed by atoms with Crippen molar-refractivity contribution in [1.82, 2.24) is 4.98 Å². The number of ether oxygens (including phenoxy) is 1. The SMILES string of the molecule is CC(C)=CCCC1(C)C=C2C(C=O)=Cc3c([nH]c4ccccc34)C2OC1. The van der Waals surface area contributed by atoms with Crippen molar-refractivity contribution in [3.8, 4) is 0 Å². The van der Waals surface area contributed by atoms with Crippen molar-refractivity contribution in [1.29, 1.82) is 0 Å². The molecule has 2 aliphatic rings. The van der Waals surface area contributed by atoms with E-state index in [1.54, 1.807) is 0 Å². The molecule has 0 saturated heterocycles. The summed E-state index contributed by atoms with van der Waals surface area (Å²) in [6.07, 6.45) is 9.37. The van der Waals surface area contributed by atoms with Crippen LogP contribution in [0.25, 0.3) is 17.0 Å². The maximum absolute atomic E-state index is 11.8. The Morgan fingerprint density at radius 1 is 1.35 bits per heavy atom. The van der Waals surface area contributed by atoms with Crippen LogP contribution in [-0.4, -0.2) is 17.9 Å². The first kappa shape index (κ1) is 17.0. The highest BCUT2D eigenvalue weighted by Gasteiger charge is 2.37. The molecule has 2 heterocycles. The predicted octanol–water partition coefficient (Wildman–Crippen LogP) is 5.51. The summed E-state index contributed by atoms with van der Waals surface area (Å²) in [6, 6.07) is 8.20. The summed E-state index contributed by atoms with van der Waals surface area (Å²) in [5.41, 5.74) is 6.26. The van der Waals surface area contributed by atoms with Crippen LogP contribution in [-0.2, 0) is 9.53 Å². The molecule has 0 radical (unpaired) electrons. The van der Waals surface area contributed by atoms with Crippen molar-refractivity contribution in [3.63, 3.8) is 0 Å². The van der Waals surface area contributed by atoms with Gasteiger partial charge < -0.3 is 9.72 Å². The van der Waals surface area contributed by atoms with Gasteiger partial charge in [-0.1, -0.05) is 42.8 Å². The molecule has 0 saturated carbocycles. The Kier molecular flexibility index (Phi) is 4.20. The third-order valence-electron chi connectivity index (χ3n) is 5.43. The van der Waals surface area contributed by atoms with Crippen LogP contribution in [0.5, 0.6) is 0 Å². The zero-order valence-corrected chi connectivity index (χ0v) is 15.6. The van der Waals surface area contributed by atoms with E-state index in [0.29, 0.717) is 6.61 Å². The summed E-state index contributed by atoms with van der Waals surface area (Å²) >= 11 is 0. The normalized spacial score (nSPS) is 24.3. The number of rotatable bonds is 4. The second-order valence-corrected chi connectivity index (χ2v) is 7.98. The van der Waals surface area contributed by atoms with Gasteiger partial charge in [-0.3, -0.25) is 4.79 Å². The highest BCUT2D eigenvalue weighted by Crippen LogP contribution is 2.47. The Morgan fingerprint density at radius 2 is 2.15 bits per heavy atom. The number of H-pyrrole nitrogens is 1. The second kappa shape index (κ2) is 6.40. The van der Waals surface area contributed by atoms with Gasteiger partial charge in [0, 0.05) is 27.5 Å². The fourth-order valence-electron chi connectivity index (χ4n) is 4.05. The minimum absolute atomic E-state index is 0.0522. The summed E-state index contributed by atoms with van der Waals surface area (Å²) in [5, 5.41) is 1.14. The minimum atomic E-state index is -0.181. The van der Waals surface area contributed by atoms with Gasteiger partial charge in [-0.15, -0.1) is 0 Å². The van der Waals surface area contributed by atoms with Crippen molar-refractivity contribution in [2.75, 3.05) is 6.61 Å². The highest BCUT2D eigenvalue weighted by atomic mass is 16.5. The van der Waals surface area contributed by atoms with Crippen LogP contribution >= 0.6 is 0 Å². The molecule has 1 N–H and O–H groups in total. The molecule has 0 spiro atoms. The lowest BCUT2D eigenvalue weighted by Crippen LogP contribution is -2.31. The molecule has 4 rings (SSSR count). The topological polar surface area (TPSA) is 42.1 Å². The van der Waals surface area contributed by atoms with Crippen LogP contribution in [0.3, 0.4) is 0 Å². The molecule has 134 valence electrons. The number of aldehydes is 1. The molecule has 0 bridgehead atoms. The van der Waals surface area contributed by atoms with Crippen LogP contribution in [0.2, 0.25) is 0 Å². The Labute approximate surface area is 154 Å². The van der Waals surface area contributed by atoms with E-state index >= 15 is 0 Å². The Hall–Kier alpha value is -2.39. The van der Waals surface area contributed by atoms with Crippen molar-refractivity contribution >= 4 is 23.3 Å². The Morgan fingerprint density at radius 3 is 2.92 bits per heavy atom. The zero-order valence-electron chi connectivity index (χ0n) is 15.6. The third-order valence-corrected chi connectivity index (χ3v) is 5.43. The van der Waals surface area contributed by atoms with Gasteiger partial charge in [0.05, 0.1) is 12.3 Å². The van der Waals surface area contributed by atoms with Gasteiger partial charge >= 0.3 is 0 Å². The van der Waals surface area contributed by atoms with E-state index in [4.69, 9.17) is 4.74 Å². The number of fused-ring (bicyclic) bond motifs is 5. The largest absolute Gasteiger partial charge is 0.366 e. The number of nitrogens with one attached hydrogen (secondary N) is 1. The van der Waals surface area contributed by atoms with E-state index in [9.17, 15) is 4.79 Å². The lowest BCUT2D eigenvalue weighted by molar-refractivity contribution is -0.104. The molecular formula is C23H25NO2. The molecule has 0 fully saturated rings. The van der Waals surface area contributed by atoms with Crippen molar-refractivity contribution in [2.24, 2.45) is 5.41 Å². The summed E-state index contributed by atoms with van der Waals surface area (Å²) in [6.45, 7) is 7.14. The number of carbonyl (C=O) groups is 1. The standard InChI is InChI=1S/C23H25NO2/c1-15(2)7-6-10-23(3)12-19-16(13-25)11-18-17-8-4-5-9-20(17)24-21(18)22(19)26-14-23/h4-5,7-9,11-13,22,24H,6,10,14H2,1-3H3. The van der Waals surface area contributed by atoms with Gasteiger partial charge in [-0.25, -0.2) is 0 Å². The first-order valence-electron chi connectivity index (χ1n) is 9.26. The van der Waals surface area contributed by atoms with Crippen LogP contribution in [0.1, 0.15) is 51.0 Å². The van der Waals surface area contributed by atoms with Crippen LogP contribution < -0.4 is 0 Å². The number of aromatic nitrogens is 1. The first-order chi connectivity index (χ1) is 12.5. The van der Waals surface area contributed by atoms with E-state index < -0.39 is 0 Å². The van der Waals surface area contributed by atoms with Gasteiger partial charge in [0.15, 0.2) is 0 Å². The molecule has 1 aliphatic heterocycles. The molecular weight excluding hydrogens is 322 g/mol. The summed E-state index contributed by atoms with van der Waals surface area (Å²) in [7, 11) is 0. The van der Waals surface area contributed by atoms with Crippen LogP contribution in [0.4, 0.5) is 0 Å². The molecule has 2 atom stereocenters. The number of allylic oxidation sites excluding steroid dienone is 2. The molecule has 3 heteroatoms. The quantitative estimate of drug-likeness (QED) is 0.585. The lowest BCUT2D eigenvalue weighted by atomic mass is 9.77. The van der Waals surface area contributed by atoms with Crippen molar-refractivity contribution < 1.29 is 9.53 Å². The van der Waals surface area contributed by atoms with E-state index in [1.807, 2.05) is 18.2 Å². The van der Waals surface area contributed by atoms with Gasteiger partial charge in [-0.05, 0) is 44.4 Å². The molecule has 26 heavy (non-hydrogen) atoms. The van der Waals surface area contributed by atoms with Gasteiger partial charge in [-0.2, -0.15) is 0 Å². The van der Waals surface area contributed by atoms with Gasteiger partial charge in [0.2, 0.25) is 0 Å². The number of hydrogen-bond donors (Lipinski definition) is 1. The molecule has 2 aromatic rings. The molecule has 2 unspecified atom stereocenters. The average Bonchev–Trinajstić information content (AvgIpc) is 2.99. The predicted molar refractivity (Wildman–Crippen MR) is 106 cm³/mol. The summed E-state index contributed by atoms with van der Waals surface area (Å²) in [4.78, 5) is 15.3. The van der Waals surface area contributed by atoms with E-state index in [0.717, 1.165) is 52.4 Å². The number of benzene rings is 1. The van der Waals surface area contributed by atoms with Crippen LogP contribution in [0, 0.1) is 5.41 Å². The monoisotopic (exact) mass is 347 g/mol. The van der Waals surface area contributed by atoms with Gasteiger partial charge in [0.25, 0.3) is 0 Å². The van der Waals surface area contributed by atoms with E-state index in [2.05, 4.69) is 50.0 Å². The minimum Gasteiger partial charge on any atom is -0.366 e. The summed E-state index contributed by atoms with van der Waals surface area (Å²) < 4.78 is 6.32. The van der Waals surface area contributed by atoms with Crippen LogP contribution in [0.15, 0.2) is 53.1 Å². The Bertz CT molecular complexity index is 956. The maximum Gasteiger partial charge on any atom is 0.150 e. The smallest absolute Gasteiger partial charge is 0.150 e. The molecule has 0 amide bonds. The molecule has 3 nitrogen and oxygen atoms in total. The lowest BCUT2D eigenvalue weighted by Gasteiger charge is -2.37. The van der Waals surface area contributed by atoms with Crippen molar-refractivity contribution in [2.45, 2.75) is 39.7 Å². The Balaban J connectivity index is 1.76. The molecule has 1 aliphatic carbocycles. The third kappa shape index (κ3) is 2.86. The highest BCUT2D eigenvalue weighted by molar-refractivity contribution is 5.99. The molecule has 1 aromatic carbocycles. The van der Waals surface area contributed by atoms with E-state index in [1.165, 1.54) is 5.57 Å². The van der Waals surface area contributed by atoms with Crippen molar-refractivity contribution in [3.05, 3.63) is 64.4 Å². The molecule has 1 aromatic heterocycles. The van der Waals surface area contributed by atoms with Gasteiger partial charge in [0.1, 0.15) is 12.4 Å². The number of aromatic amines is 1. The average molecular weight is 347 g/mol. The maximum atomic E-state index is 11.8. The fourth-order valence-corrected chi connectivity index (χ4v) is 4.05. The first-order valence-corrected chi connectivity index (χ1v) is 9.26. The fraction of sp³-hybridized carbons (Fsp3) is 0.348. The zero-order chi connectivity index (χ0) is 18.3.